The molecule has 5 nitrogen and oxygen atoms in total. The number of nitrogens with one attached hydrogen (secondary N) is 1. The van der Waals surface area contributed by atoms with Gasteiger partial charge < -0.3 is 10.2 Å². The van der Waals surface area contributed by atoms with Crippen molar-refractivity contribution in [3.8, 4) is 0 Å². The Kier molecular flexibility index (Phi) is 4.57. The standard InChI is InChI=1S/C16H23N5S/c1-11(2)15-19-20-16(22-15)21-8-7-13(10-21)9-17-14-6-4-5-12(3)18-14/h4-6,11,13H,7-10H2,1-3H3,(H,17,18)/t13-/m0/s1. The van der Waals surface area contributed by atoms with Gasteiger partial charge in [0, 0.05) is 31.2 Å². The van der Waals surface area contributed by atoms with Crippen LogP contribution in [0.3, 0.4) is 0 Å². The lowest BCUT2D eigenvalue weighted by Crippen LogP contribution is -2.22. The van der Waals surface area contributed by atoms with Crippen LogP contribution in [0.15, 0.2) is 18.2 Å². The summed E-state index contributed by atoms with van der Waals surface area (Å²) in [6.45, 7) is 9.42. The molecule has 1 aliphatic rings. The van der Waals surface area contributed by atoms with Gasteiger partial charge in [-0.1, -0.05) is 31.3 Å². The highest BCUT2D eigenvalue weighted by Gasteiger charge is 2.25. The Morgan fingerprint density at radius 2 is 2.23 bits per heavy atom. The van der Waals surface area contributed by atoms with Crippen molar-refractivity contribution in [2.24, 2.45) is 5.92 Å². The van der Waals surface area contributed by atoms with Gasteiger partial charge in [0.15, 0.2) is 0 Å². The molecular formula is C16H23N5S. The van der Waals surface area contributed by atoms with Crippen LogP contribution in [0.5, 0.6) is 0 Å². The van der Waals surface area contributed by atoms with Crippen LogP contribution in [-0.4, -0.2) is 34.8 Å². The lowest BCUT2D eigenvalue weighted by Gasteiger charge is -2.15. The smallest absolute Gasteiger partial charge is 0.208 e. The van der Waals surface area contributed by atoms with Crippen molar-refractivity contribution < 1.29 is 0 Å². The Morgan fingerprint density at radius 3 is 2.95 bits per heavy atom. The molecule has 1 aliphatic heterocycles. The van der Waals surface area contributed by atoms with Crippen LogP contribution in [0.1, 0.15) is 36.9 Å². The van der Waals surface area contributed by atoms with Gasteiger partial charge in [-0.2, -0.15) is 0 Å². The Morgan fingerprint density at radius 1 is 1.36 bits per heavy atom. The molecule has 0 saturated carbocycles. The molecule has 0 radical (unpaired) electrons. The van der Waals surface area contributed by atoms with Gasteiger partial charge in [0.1, 0.15) is 10.8 Å². The number of pyridine rings is 1. The van der Waals surface area contributed by atoms with E-state index in [0.29, 0.717) is 11.8 Å². The van der Waals surface area contributed by atoms with Crippen molar-refractivity contribution in [2.75, 3.05) is 29.9 Å². The van der Waals surface area contributed by atoms with Crippen molar-refractivity contribution >= 4 is 22.3 Å². The minimum atomic E-state index is 0.457. The van der Waals surface area contributed by atoms with Crippen molar-refractivity contribution in [3.63, 3.8) is 0 Å². The largest absolute Gasteiger partial charge is 0.370 e. The fraction of sp³-hybridized carbons (Fsp3) is 0.562. The highest BCUT2D eigenvalue weighted by Crippen LogP contribution is 2.29. The molecule has 0 aromatic carbocycles. The summed E-state index contributed by atoms with van der Waals surface area (Å²) >= 11 is 1.73. The minimum Gasteiger partial charge on any atom is -0.370 e. The first kappa shape index (κ1) is 15.2. The SMILES string of the molecule is Cc1cccc(NC[C@@H]2CCN(c3nnc(C(C)C)s3)C2)n1. The Bertz CT molecular complexity index is 625. The summed E-state index contributed by atoms with van der Waals surface area (Å²) in [5, 5.41) is 14.3. The number of anilines is 2. The van der Waals surface area contributed by atoms with Gasteiger partial charge in [0.05, 0.1) is 0 Å². The maximum atomic E-state index is 4.49. The van der Waals surface area contributed by atoms with Crippen molar-refractivity contribution in [2.45, 2.75) is 33.1 Å². The molecule has 0 amide bonds. The maximum absolute atomic E-state index is 4.49. The van der Waals surface area contributed by atoms with Gasteiger partial charge in [-0.25, -0.2) is 4.98 Å². The summed E-state index contributed by atoms with van der Waals surface area (Å²) in [4.78, 5) is 6.85. The first-order valence-electron chi connectivity index (χ1n) is 7.87. The monoisotopic (exact) mass is 317 g/mol. The maximum Gasteiger partial charge on any atom is 0.208 e. The van der Waals surface area contributed by atoms with E-state index < -0.39 is 0 Å². The van der Waals surface area contributed by atoms with Crippen LogP contribution >= 0.6 is 11.3 Å². The molecule has 2 aromatic rings. The minimum absolute atomic E-state index is 0.457. The van der Waals surface area contributed by atoms with E-state index in [1.807, 2.05) is 25.1 Å². The zero-order chi connectivity index (χ0) is 15.5. The molecule has 1 saturated heterocycles. The average Bonchev–Trinajstić information content (AvgIpc) is 3.14. The van der Waals surface area contributed by atoms with E-state index in [1.165, 1.54) is 6.42 Å². The number of hydrogen-bond acceptors (Lipinski definition) is 6. The molecular weight excluding hydrogens is 294 g/mol. The number of aromatic nitrogens is 3. The van der Waals surface area contributed by atoms with Crippen LogP contribution in [0.4, 0.5) is 10.9 Å². The van der Waals surface area contributed by atoms with E-state index in [9.17, 15) is 0 Å². The number of rotatable bonds is 5. The molecule has 3 heterocycles. The second-order valence-corrected chi connectivity index (χ2v) is 7.21. The summed E-state index contributed by atoms with van der Waals surface area (Å²) in [7, 11) is 0. The molecule has 22 heavy (non-hydrogen) atoms. The Balaban J connectivity index is 1.53. The molecule has 6 heteroatoms. The Hall–Kier alpha value is -1.69. The zero-order valence-corrected chi connectivity index (χ0v) is 14.2. The van der Waals surface area contributed by atoms with Gasteiger partial charge in [0.2, 0.25) is 5.13 Å². The topological polar surface area (TPSA) is 53.9 Å². The average molecular weight is 317 g/mol. The van der Waals surface area contributed by atoms with Crippen LogP contribution in [0, 0.1) is 12.8 Å². The van der Waals surface area contributed by atoms with E-state index in [0.717, 1.165) is 41.3 Å². The molecule has 1 atom stereocenters. The number of hydrogen-bond donors (Lipinski definition) is 1. The quantitative estimate of drug-likeness (QED) is 0.917. The summed E-state index contributed by atoms with van der Waals surface area (Å²) < 4.78 is 0. The van der Waals surface area contributed by atoms with Gasteiger partial charge >= 0.3 is 0 Å². The first-order chi connectivity index (χ1) is 10.6. The van der Waals surface area contributed by atoms with E-state index >= 15 is 0 Å². The third kappa shape index (κ3) is 3.55. The molecule has 1 N–H and O–H groups in total. The summed E-state index contributed by atoms with van der Waals surface area (Å²) in [6.07, 6.45) is 1.19. The van der Waals surface area contributed by atoms with Crippen LogP contribution in [-0.2, 0) is 0 Å². The van der Waals surface area contributed by atoms with Crippen molar-refractivity contribution in [1.82, 2.24) is 15.2 Å². The molecule has 0 aliphatic carbocycles. The highest BCUT2D eigenvalue weighted by atomic mass is 32.1. The zero-order valence-electron chi connectivity index (χ0n) is 13.4. The van der Waals surface area contributed by atoms with Crippen LogP contribution < -0.4 is 10.2 Å². The molecule has 2 aromatic heterocycles. The molecule has 0 spiro atoms. The lowest BCUT2D eigenvalue weighted by atomic mass is 10.1. The first-order valence-corrected chi connectivity index (χ1v) is 8.69. The summed E-state index contributed by atoms with van der Waals surface area (Å²) in [5.41, 5.74) is 1.05. The van der Waals surface area contributed by atoms with E-state index in [2.05, 4.69) is 39.2 Å². The van der Waals surface area contributed by atoms with E-state index in [1.54, 1.807) is 11.3 Å². The van der Waals surface area contributed by atoms with Crippen molar-refractivity contribution in [1.29, 1.82) is 0 Å². The highest BCUT2D eigenvalue weighted by molar-refractivity contribution is 7.15. The number of nitrogens with zero attached hydrogens (tertiary/aromatic N) is 4. The molecule has 1 fully saturated rings. The molecule has 0 unspecified atom stereocenters. The van der Waals surface area contributed by atoms with Crippen molar-refractivity contribution in [3.05, 3.63) is 28.9 Å². The molecule has 0 bridgehead atoms. The summed E-state index contributed by atoms with van der Waals surface area (Å²) in [5.74, 6) is 2.06. The predicted octanol–water partition coefficient (Wildman–Crippen LogP) is 3.30. The predicted molar refractivity (Wildman–Crippen MR) is 91.8 cm³/mol. The second kappa shape index (κ2) is 6.60. The van der Waals surface area contributed by atoms with Gasteiger partial charge in [-0.15, -0.1) is 10.2 Å². The lowest BCUT2D eigenvalue weighted by molar-refractivity contribution is 0.621. The second-order valence-electron chi connectivity index (χ2n) is 6.22. The van der Waals surface area contributed by atoms with Crippen LogP contribution in [0.2, 0.25) is 0 Å². The van der Waals surface area contributed by atoms with Gasteiger partial charge in [-0.05, 0) is 31.4 Å². The Labute approximate surface area is 135 Å². The number of aryl methyl sites for hydroxylation is 1. The molecule has 118 valence electrons. The fourth-order valence-corrected chi connectivity index (χ4v) is 3.53. The normalized spacial score (nSPS) is 18.2. The van der Waals surface area contributed by atoms with Gasteiger partial charge in [0.25, 0.3) is 0 Å². The third-order valence-electron chi connectivity index (χ3n) is 3.94. The third-order valence-corrected chi connectivity index (χ3v) is 5.23. The van der Waals surface area contributed by atoms with E-state index in [-0.39, 0.29) is 0 Å². The van der Waals surface area contributed by atoms with E-state index in [4.69, 9.17) is 0 Å². The van der Waals surface area contributed by atoms with Crippen LogP contribution in [0.25, 0.3) is 0 Å². The molecule has 3 rings (SSSR count). The summed E-state index contributed by atoms with van der Waals surface area (Å²) in [6, 6.07) is 6.09. The van der Waals surface area contributed by atoms with Gasteiger partial charge in [-0.3, -0.25) is 0 Å². The fourth-order valence-electron chi connectivity index (χ4n) is 2.65.